The van der Waals surface area contributed by atoms with E-state index in [0.717, 1.165) is 42.3 Å². The van der Waals surface area contributed by atoms with Crippen molar-refractivity contribution < 1.29 is 9.53 Å². The first-order valence-electron chi connectivity index (χ1n) is 9.60. The number of rotatable bonds is 6. The fraction of sp³-hybridized carbons (Fsp3) is 0.429. The normalized spacial score (nSPS) is 16.5. The molecule has 7 heteroatoms. The molecule has 1 aromatic carbocycles. The highest BCUT2D eigenvalue weighted by Crippen LogP contribution is 2.15. The van der Waals surface area contributed by atoms with Crippen molar-refractivity contribution in [2.75, 3.05) is 43.6 Å². The molecular weight excluding hydrogens is 354 g/mol. The van der Waals surface area contributed by atoms with Gasteiger partial charge in [0.25, 0.3) is 0 Å². The van der Waals surface area contributed by atoms with Crippen molar-refractivity contribution in [1.29, 1.82) is 0 Å². The van der Waals surface area contributed by atoms with Crippen LogP contribution in [0.2, 0.25) is 0 Å². The van der Waals surface area contributed by atoms with Crippen molar-refractivity contribution in [3.8, 4) is 0 Å². The van der Waals surface area contributed by atoms with Crippen molar-refractivity contribution in [3.63, 3.8) is 0 Å². The molecule has 0 saturated carbocycles. The number of morpholine rings is 1. The molecule has 28 heavy (non-hydrogen) atoms. The van der Waals surface area contributed by atoms with Crippen molar-refractivity contribution in [2.24, 2.45) is 0 Å². The summed E-state index contributed by atoms with van der Waals surface area (Å²) in [6, 6.07) is 11.9. The molecule has 1 atom stereocenters. The van der Waals surface area contributed by atoms with Gasteiger partial charge in [-0.3, -0.25) is 0 Å². The second-order valence-electron chi connectivity index (χ2n) is 7.25. The van der Waals surface area contributed by atoms with E-state index >= 15 is 0 Å². The molecule has 1 saturated heterocycles. The van der Waals surface area contributed by atoms with Crippen LogP contribution in [0.4, 0.5) is 16.3 Å². The zero-order valence-electron chi connectivity index (χ0n) is 16.8. The van der Waals surface area contributed by atoms with Gasteiger partial charge in [0.1, 0.15) is 5.82 Å². The molecule has 2 aromatic rings. The molecule has 0 bridgehead atoms. The third-order valence-corrected chi connectivity index (χ3v) is 4.73. The van der Waals surface area contributed by atoms with Crippen LogP contribution in [0.5, 0.6) is 0 Å². The van der Waals surface area contributed by atoms with Crippen LogP contribution in [0.15, 0.2) is 42.6 Å². The quantitative estimate of drug-likeness (QED) is 0.802. The largest absolute Gasteiger partial charge is 0.378 e. The summed E-state index contributed by atoms with van der Waals surface area (Å²) in [7, 11) is 4.01. The highest BCUT2D eigenvalue weighted by Gasteiger charge is 2.17. The summed E-state index contributed by atoms with van der Waals surface area (Å²) < 4.78 is 5.56. The summed E-state index contributed by atoms with van der Waals surface area (Å²) in [6.07, 6.45) is 2.04. The van der Waals surface area contributed by atoms with Crippen LogP contribution >= 0.6 is 0 Å². The summed E-state index contributed by atoms with van der Waals surface area (Å²) in [5, 5.41) is 5.75. The van der Waals surface area contributed by atoms with Gasteiger partial charge in [-0.25, -0.2) is 9.78 Å². The Morgan fingerprint density at radius 1 is 1.14 bits per heavy atom. The van der Waals surface area contributed by atoms with Gasteiger partial charge >= 0.3 is 6.03 Å². The number of pyridine rings is 1. The molecule has 0 spiro atoms. The zero-order chi connectivity index (χ0) is 19.9. The standard InChI is InChI=1S/C21H29N5O2/c1-16-15-26(10-11-28-16)20-9-6-18(13-22-20)14-24-21(27)23-12-17-4-7-19(8-5-17)25(2)3/h4-9,13,16H,10-12,14-15H2,1-3H3,(H2,23,24,27). The van der Waals surface area contributed by atoms with Crippen molar-refractivity contribution in [3.05, 3.63) is 53.7 Å². The summed E-state index contributed by atoms with van der Waals surface area (Å²) in [4.78, 5) is 20.8. The average molecular weight is 383 g/mol. The molecule has 150 valence electrons. The number of anilines is 2. The van der Waals surface area contributed by atoms with Crippen LogP contribution in [0.25, 0.3) is 0 Å². The number of hydrogen-bond acceptors (Lipinski definition) is 5. The Balaban J connectivity index is 1.42. The predicted molar refractivity (Wildman–Crippen MR) is 112 cm³/mol. The second-order valence-corrected chi connectivity index (χ2v) is 7.25. The van der Waals surface area contributed by atoms with E-state index in [9.17, 15) is 4.79 Å². The molecule has 1 fully saturated rings. The second kappa shape index (κ2) is 9.41. The number of carbonyl (C=O) groups excluding carboxylic acids is 1. The molecule has 0 radical (unpaired) electrons. The Morgan fingerprint density at radius 2 is 1.82 bits per heavy atom. The molecular formula is C21H29N5O2. The Bertz CT molecular complexity index is 761. The van der Waals surface area contributed by atoms with Gasteiger partial charge in [0.15, 0.2) is 0 Å². The number of amides is 2. The molecule has 0 aliphatic carbocycles. The number of hydrogen-bond donors (Lipinski definition) is 2. The van der Waals surface area contributed by atoms with E-state index in [-0.39, 0.29) is 12.1 Å². The van der Waals surface area contributed by atoms with Crippen LogP contribution < -0.4 is 20.4 Å². The Morgan fingerprint density at radius 3 is 2.43 bits per heavy atom. The van der Waals surface area contributed by atoms with Gasteiger partial charge in [-0.2, -0.15) is 0 Å². The maximum atomic E-state index is 12.0. The van der Waals surface area contributed by atoms with E-state index in [4.69, 9.17) is 4.74 Å². The zero-order valence-corrected chi connectivity index (χ0v) is 16.8. The molecule has 2 N–H and O–H groups in total. The van der Waals surface area contributed by atoms with E-state index in [1.807, 2.05) is 61.6 Å². The Labute approximate surface area is 166 Å². The van der Waals surface area contributed by atoms with Crippen LogP contribution in [-0.4, -0.2) is 50.9 Å². The van der Waals surface area contributed by atoms with Gasteiger partial charge in [0.05, 0.1) is 12.7 Å². The minimum Gasteiger partial charge on any atom is -0.378 e. The molecule has 7 nitrogen and oxygen atoms in total. The van der Waals surface area contributed by atoms with Crippen molar-refractivity contribution >= 4 is 17.5 Å². The SMILES string of the molecule is CC1CN(c2ccc(CNC(=O)NCc3ccc(N(C)C)cc3)cn2)CCO1. The minimum absolute atomic E-state index is 0.192. The number of benzene rings is 1. The molecule has 3 rings (SSSR count). The minimum atomic E-state index is -0.192. The maximum Gasteiger partial charge on any atom is 0.315 e. The van der Waals surface area contributed by atoms with Crippen LogP contribution in [-0.2, 0) is 17.8 Å². The van der Waals surface area contributed by atoms with E-state index in [0.29, 0.717) is 13.1 Å². The predicted octanol–water partition coefficient (Wildman–Crippen LogP) is 2.37. The fourth-order valence-corrected chi connectivity index (χ4v) is 3.07. The van der Waals surface area contributed by atoms with Gasteiger partial charge in [-0.1, -0.05) is 18.2 Å². The summed E-state index contributed by atoms with van der Waals surface area (Å²) in [5.74, 6) is 0.949. The third kappa shape index (κ3) is 5.60. The number of ether oxygens (including phenoxy) is 1. The van der Waals surface area contributed by atoms with E-state index < -0.39 is 0 Å². The van der Waals surface area contributed by atoms with E-state index in [2.05, 4.69) is 27.4 Å². The molecule has 1 aromatic heterocycles. The lowest BCUT2D eigenvalue weighted by Crippen LogP contribution is -2.41. The van der Waals surface area contributed by atoms with Crippen LogP contribution in [0.3, 0.4) is 0 Å². The maximum absolute atomic E-state index is 12.0. The lowest BCUT2D eigenvalue weighted by molar-refractivity contribution is 0.0529. The van der Waals surface area contributed by atoms with Crippen LogP contribution in [0.1, 0.15) is 18.1 Å². The first kappa shape index (κ1) is 19.9. The van der Waals surface area contributed by atoms with Crippen molar-refractivity contribution in [2.45, 2.75) is 26.1 Å². The Hall–Kier alpha value is -2.80. The first-order chi connectivity index (χ1) is 13.5. The summed E-state index contributed by atoms with van der Waals surface area (Å²) in [6.45, 7) is 5.43. The highest BCUT2D eigenvalue weighted by atomic mass is 16.5. The highest BCUT2D eigenvalue weighted by molar-refractivity contribution is 5.73. The third-order valence-electron chi connectivity index (χ3n) is 4.73. The van der Waals surface area contributed by atoms with Gasteiger partial charge in [0, 0.05) is 52.2 Å². The van der Waals surface area contributed by atoms with Gasteiger partial charge in [0.2, 0.25) is 0 Å². The fourth-order valence-electron chi connectivity index (χ4n) is 3.07. The number of nitrogens with zero attached hydrogens (tertiary/aromatic N) is 3. The lowest BCUT2D eigenvalue weighted by atomic mass is 10.2. The molecule has 1 aliphatic heterocycles. The average Bonchev–Trinajstić information content (AvgIpc) is 2.71. The molecule has 1 aliphatic rings. The van der Waals surface area contributed by atoms with Gasteiger partial charge in [-0.05, 0) is 36.2 Å². The number of urea groups is 1. The lowest BCUT2D eigenvalue weighted by Gasteiger charge is -2.32. The smallest absolute Gasteiger partial charge is 0.315 e. The van der Waals surface area contributed by atoms with Gasteiger partial charge in [-0.15, -0.1) is 0 Å². The van der Waals surface area contributed by atoms with Crippen molar-refractivity contribution in [1.82, 2.24) is 15.6 Å². The Kier molecular flexibility index (Phi) is 6.71. The topological polar surface area (TPSA) is 69.7 Å². The van der Waals surface area contributed by atoms with Gasteiger partial charge < -0.3 is 25.2 Å². The monoisotopic (exact) mass is 383 g/mol. The molecule has 2 heterocycles. The van der Waals surface area contributed by atoms with Crippen LogP contribution in [0, 0.1) is 0 Å². The molecule has 1 unspecified atom stereocenters. The number of nitrogens with one attached hydrogen (secondary N) is 2. The molecule has 2 amide bonds. The number of carbonyl (C=O) groups is 1. The van der Waals surface area contributed by atoms with E-state index in [1.165, 1.54) is 0 Å². The summed E-state index contributed by atoms with van der Waals surface area (Å²) in [5.41, 5.74) is 3.16. The first-order valence-corrected chi connectivity index (χ1v) is 9.60. The number of aromatic nitrogens is 1. The summed E-state index contributed by atoms with van der Waals surface area (Å²) >= 11 is 0. The van der Waals surface area contributed by atoms with E-state index in [1.54, 1.807) is 0 Å².